The van der Waals surface area contributed by atoms with Crippen LogP contribution < -0.4 is 9.64 Å². The second kappa shape index (κ2) is 4.53. The molecule has 1 aromatic rings. The van der Waals surface area contributed by atoms with E-state index in [-0.39, 0.29) is 0 Å². The minimum Gasteiger partial charge on any atom is -0.495 e. The van der Waals surface area contributed by atoms with Gasteiger partial charge in [-0.15, -0.1) is 0 Å². The molecule has 0 atom stereocenters. The largest absolute Gasteiger partial charge is 0.495 e. The third-order valence-electron chi connectivity index (χ3n) is 2.84. The van der Waals surface area contributed by atoms with E-state index in [9.17, 15) is 0 Å². The molecule has 15 heavy (non-hydrogen) atoms. The Hall–Kier alpha value is -1.22. The summed E-state index contributed by atoms with van der Waals surface area (Å²) in [6, 6.07) is 9.14. The monoisotopic (exact) mass is 205 g/mol. The Morgan fingerprint density at radius 1 is 1.27 bits per heavy atom. The summed E-state index contributed by atoms with van der Waals surface area (Å²) in [5, 5.41) is 0. The summed E-state index contributed by atoms with van der Waals surface area (Å²) in [5.74, 6) is 0.919. The Kier molecular flexibility index (Phi) is 3.11. The summed E-state index contributed by atoms with van der Waals surface area (Å²) < 4.78 is 5.34. The van der Waals surface area contributed by atoms with Gasteiger partial charge in [-0.25, -0.2) is 0 Å². The lowest BCUT2D eigenvalue weighted by atomic mass is 10.2. The number of anilines is 1. The molecule has 0 amide bonds. The summed E-state index contributed by atoms with van der Waals surface area (Å²) >= 11 is 0. The van der Waals surface area contributed by atoms with Crippen molar-refractivity contribution in [2.24, 2.45) is 0 Å². The zero-order valence-corrected chi connectivity index (χ0v) is 9.36. The van der Waals surface area contributed by atoms with Gasteiger partial charge in [0, 0.05) is 32.2 Å². The molecule has 1 aromatic carbocycles. The maximum absolute atomic E-state index is 5.34. The molecule has 81 valence electrons. The second-order valence-electron chi connectivity index (χ2n) is 3.88. The maximum Gasteiger partial charge on any atom is 0.142 e. The standard InChI is InChI=1S/C12H17N2O/c1-13-7-9-14(10-8-13)11-5-3-4-6-12(11)15-2/h3-4,6H,7-10H2,1-2H3. The van der Waals surface area contributed by atoms with Crippen LogP contribution in [0.25, 0.3) is 0 Å². The van der Waals surface area contributed by atoms with E-state index in [1.54, 1.807) is 7.11 Å². The van der Waals surface area contributed by atoms with Crippen molar-refractivity contribution in [1.82, 2.24) is 4.90 Å². The van der Waals surface area contributed by atoms with Crippen LogP contribution in [0, 0.1) is 6.07 Å². The number of piperazine rings is 1. The molecule has 1 heterocycles. The Labute approximate surface area is 91.2 Å². The number of benzene rings is 1. The van der Waals surface area contributed by atoms with Crippen LogP contribution in [0.1, 0.15) is 0 Å². The predicted octanol–water partition coefficient (Wildman–Crippen LogP) is 1.25. The Balaban J connectivity index is 2.15. The summed E-state index contributed by atoms with van der Waals surface area (Å²) in [6.07, 6.45) is 0. The number of likely N-dealkylation sites (N-methyl/N-ethyl adjacent to an activating group) is 1. The molecule has 0 aliphatic carbocycles. The van der Waals surface area contributed by atoms with Gasteiger partial charge in [-0.1, -0.05) is 12.1 Å². The van der Waals surface area contributed by atoms with E-state index in [4.69, 9.17) is 4.74 Å². The molecule has 3 heteroatoms. The maximum atomic E-state index is 5.34. The van der Waals surface area contributed by atoms with Crippen LogP contribution in [0.15, 0.2) is 18.2 Å². The van der Waals surface area contributed by atoms with Crippen LogP contribution >= 0.6 is 0 Å². The molecule has 0 aromatic heterocycles. The van der Waals surface area contributed by atoms with Crippen LogP contribution in [-0.2, 0) is 0 Å². The normalized spacial score (nSPS) is 17.9. The van der Waals surface area contributed by atoms with Crippen LogP contribution in [0.2, 0.25) is 0 Å². The molecule has 1 aliphatic rings. The fraction of sp³-hybridized carbons (Fsp3) is 0.500. The number of rotatable bonds is 2. The molecular weight excluding hydrogens is 188 g/mol. The van der Waals surface area contributed by atoms with E-state index < -0.39 is 0 Å². The van der Waals surface area contributed by atoms with Gasteiger partial charge in [-0.2, -0.15) is 0 Å². The second-order valence-corrected chi connectivity index (χ2v) is 3.88. The number of methoxy groups -OCH3 is 1. The summed E-state index contributed by atoms with van der Waals surface area (Å²) in [6.45, 7) is 4.30. The average Bonchev–Trinajstić information content (AvgIpc) is 2.30. The van der Waals surface area contributed by atoms with Crippen molar-refractivity contribution in [1.29, 1.82) is 0 Å². The average molecular weight is 205 g/mol. The van der Waals surface area contributed by atoms with Gasteiger partial charge >= 0.3 is 0 Å². The zero-order valence-electron chi connectivity index (χ0n) is 9.36. The van der Waals surface area contributed by atoms with Crippen molar-refractivity contribution in [3.8, 4) is 5.75 Å². The molecule has 3 nitrogen and oxygen atoms in total. The summed E-state index contributed by atoms with van der Waals surface area (Å²) in [5.41, 5.74) is 1.09. The SMILES string of the molecule is COc1ccc[c]c1N1CCN(C)CC1. The van der Waals surface area contributed by atoms with Crippen molar-refractivity contribution in [2.45, 2.75) is 0 Å². The van der Waals surface area contributed by atoms with Gasteiger partial charge in [0.15, 0.2) is 0 Å². The fourth-order valence-corrected chi connectivity index (χ4v) is 1.85. The topological polar surface area (TPSA) is 15.7 Å². The zero-order chi connectivity index (χ0) is 10.7. The van der Waals surface area contributed by atoms with E-state index in [1.165, 1.54) is 0 Å². The first-order valence-corrected chi connectivity index (χ1v) is 5.29. The molecule has 1 radical (unpaired) electrons. The van der Waals surface area contributed by atoms with Crippen molar-refractivity contribution < 1.29 is 4.74 Å². The number of para-hydroxylation sites is 1. The first-order chi connectivity index (χ1) is 7.31. The first kappa shape index (κ1) is 10.3. The molecule has 2 rings (SSSR count). The molecule has 1 aliphatic heterocycles. The van der Waals surface area contributed by atoms with Gasteiger partial charge in [0.25, 0.3) is 0 Å². The predicted molar refractivity (Wildman–Crippen MR) is 61.5 cm³/mol. The van der Waals surface area contributed by atoms with Crippen molar-refractivity contribution in [3.63, 3.8) is 0 Å². The third-order valence-corrected chi connectivity index (χ3v) is 2.84. The van der Waals surface area contributed by atoms with E-state index >= 15 is 0 Å². The number of ether oxygens (including phenoxy) is 1. The van der Waals surface area contributed by atoms with Crippen molar-refractivity contribution in [2.75, 3.05) is 45.2 Å². The molecule has 0 spiro atoms. The molecule has 1 fully saturated rings. The van der Waals surface area contributed by atoms with E-state index in [0.717, 1.165) is 37.6 Å². The van der Waals surface area contributed by atoms with Gasteiger partial charge in [-0.05, 0) is 13.1 Å². The fourth-order valence-electron chi connectivity index (χ4n) is 1.85. The van der Waals surface area contributed by atoms with E-state index in [1.807, 2.05) is 18.2 Å². The number of hydrogen-bond donors (Lipinski definition) is 0. The smallest absolute Gasteiger partial charge is 0.142 e. The molecule has 0 saturated carbocycles. The van der Waals surface area contributed by atoms with E-state index in [2.05, 4.69) is 22.9 Å². The lowest BCUT2D eigenvalue weighted by molar-refractivity contribution is 0.311. The molecule has 0 bridgehead atoms. The quantitative estimate of drug-likeness (QED) is 0.722. The van der Waals surface area contributed by atoms with Gasteiger partial charge in [0.1, 0.15) is 5.75 Å². The summed E-state index contributed by atoms with van der Waals surface area (Å²) in [4.78, 5) is 4.67. The van der Waals surface area contributed by atoms with Crippen molar-refractivity contribution >= 4 is 5.69 Å². The molecule has 0 unspecified atom stereocenters. The molecule has 1 saturated heterocycles. The minimum absolute atomic E-state index is 0.919. The lowest BCUT2D eigenvalue weighted by Gasteiger charge is -2.34. The molecule has 0 N–H and O–H groups in total. The van der Waals surface area contributed by atoms with Crippen molar-refractivity contribution in [3.05, 3.63) is 24.3 Å². The highest BCUT2D eigenvalue weighted by atomic mass is 16.5. The number of nitrogens with zero attached hydrogens (tertiary/aromatic N) is 2. The van der Waals surface area contributed by atoms with Gasteiger partial charge < -0.3 is 14.5 Å². The highest BCUT2D eigenvalue weighted by Crippen LogP contribution is 2.27. The Morgan fingerprint density at radius 2 is 2.00 bits per heavy atom. The molecular formula is C12H17N2O. The third kappa shape index (κ3) is 2.23. The van der Waals surface area contributed by atoms with Crippen LogP contribution in [0.4, 0.5) is 5.69 Å². The van der Waals surface area contributed by atoms with Crippen LogP contribution in [-0.4, -0.2) is 45.2 Å². The summed E-state index contributed by atoms with van der Waals surface area (Å²) in [7, 11) is 3.87. The number of hydrogen-bond acceptors (Lipinski definition) is 3. The van der Waals surface area contributed by atoms with Crippen LogP contribution in [0.5, 0.6) is 5.75 Å². The van der Waals surface area contributed by atoms with Gasteiger partial charge in [-0.3, -0.25) is 0 Å². The Bertz CT molecular complexity index is 319. The lowest BCUT2D eigenvalue weighted by Crippen LogP contribution is -2.44. The van der Waals surface area contributed by atoms with Crippen LogP contribution in [0.3, 0.4) is 0 Å². The van der Waals surface area contributed by atoms with Gasteiger partial charge in [0.2, 0.25) is 0 Å². The minimum atomic E-state index is 0.919. The highest BCUT2D eigenvalue weighted by molar-refractivity contribution is 5.57. The highest BCUT2D eigenvalue weighted by Gasteiger charge is 2.16. The van der Waals surface area contributed by atoms with E-state index in [0.29, 0.717) is 0 Å². The van der Waals surface area contributed by atoms with Gasteiger partial charge in [0.05, 0.1) is 12.8 Å². The Morgan fingerprint density at radius 3 is 2.67 bits per heavy atom. The first-order valence-electron chi connectivity index (χ1n) is 5.29.